The fourth-order valence-corrected chi connectivity index (χ4v) is 1.29. The van der Waals surface area contributed by atoms with E-state index in [-0.39, 0.29) is 0 Å². The standard InChI is InChI=1S/C11H8BrF3/c1-8-5-9(3-2-4-12)7-10(6-8)11(13,14)15/h5-7H,4H2,1H3. The summed E-state index contributed by atoms with van der Waals surface area (Å²) in [5, 5.41) is 0.447. The van der Waals surface area contributed by atoms with E-state index in [4.69, 9.17) is 0 Å². The molecule has 0 unspecified atom stereocenters. The average molecular weight is 277 g/mol. The molecule has 0 nitrogen and oxygen atoms in total. The zero-order valence-corrected chi connectivity index (χ0v) is 9.54. The van der Waals surface area contributed by atoms with Crippen molar-refractivity contribution in [1.29, 1.82) is 0 Å². The molecular formula is C11H8BrF3. The third kappa shape index (κ3) is 3.60. The Balaban J connectivity index is 3.17. The minimum atomic E-state index is -4.31. The van der Waals surface area contributed by atoms with E-state index >= 15 is 0 Å². The predicted molar refractivity (Wildman–Crippen MR) is 56.9 cm³/mol. The maximum absolute atomic E-state index is 12.4. The molecule has 1 aromatic rings. The van der Waals surface area contributed by atoms with Crippen molar-refractivity contribution in [3.8, 4) is 11.8 Å². The van der Waals surface area contributed by atoms with Crippen LogP contribution in [0.15, 0.2) is 18.2 Å². The van der Waals surface area contributed by atoms with Gasteiger partial charge in [-0.25, -0.2) is 0 Å². The van der Waals surface area contributed by atoms with Gasteiger partial charge in [0.05, 0.1) is 10.9 Å². The summed E-state index contributed by atoms with van der Waals surface area (Å²) in [5.74, 6) is 5.32. The Morgan fingerprint density at radius 1 is 1.27 bits per heavy atom. The van der Waals surface area contributed by atoms with Gasteiger partial charge >= 0.3 is 6.18 Å². The summed E-state index contributed by atoms with van der Waals surface area (Å²) in [6, 6.07) is 3.80. The Hall–Kier alpha value is -0.950. The first-order valence-corrected chi connectivity index (χ1v) is 5.29. The number of halogens is 4. The Morgan fingerprint density at radius 3 is 2.47 bits per heavy atom. The van der Waals surface area contributed by atoms with Crippen molar-refractivity contribution in [2.75, 3.05) is 5.33 Å². The van der Waals surface area contributed by atoms with Crippen LogP contribution in [0.3, 0.4) is 0 Å². The SMILES string of the molecule is Cc1cc(C#CCBr)cc(C(F)(F)F)c1. The van der Waals surface area contributed by atoms with Gasteiger partial charge in [-0.1, -0.05) is 27.8 Å². The normalized spacial score (nSPS) is 10.7. The predicted octanol–water partition coefficient (Wildman–Crippen LogP) is 3.76. The van der Waals surface area contributed by atoms with Crippen LogP contribution >= 0.6 is 15.9 Å². The maximum Gasteiger partial charge on any atom is 0.416 e. The molecule has 0 heterocycles. The van der Waals surface area contributed by atoms with Gasteiger partial charge in [-0.2, -0.15) is 13.2 Å². The zero-order chi connectivity index (χ0) is 11.5. The van der Waals surface area contributed by atoms with Gasteiger partial charge < -0.3 is 0 Å². The van der Waals surface area contributed by atoms with E-state index in [9.17, 15) is 13.2 Å². The summed E-state index contributed by atoms with van der Waals surface area (Å²) in [6.07, 6.45) is -4.31. The monoisotopic (exact) mass is 276 g/mol. The molecule has 0 bridgehead atoms. The smallest absolute Gasteiger partial charge is 0.166 e. The summed E-state index contributed by atoms with van der Waals surface area (Å²) in [7, 11) is 0. The van der Waals surface area contributed by atoms with Crippen molar-refractivity contribution in [2.24, 2.45) is 0 Å². The van der Waals surface area contributed by atoms with Gasteiger partial charge in [0.15, 0.2) is 0 Å². The van der Waals surface area contributed by atoms with Crippen LogP contribution in [0.4, 0.5) is 13.2 Å². The van der Waals surface area contributed by atoms with Crippen LogP contribution in [-0.2, 0) is 6.18 Å². The first-order chi connectivity index (χ1) is 6.93. The second-order valence-electron chi connectivity index (χ2n) is 3.02. The van der Waals surface area contributed by atoms with Crippen molar-refractivity contribution in [1.82, 2.24) is 0 Å². The molecule has 1 rings (SSSR count). The highest BCUT2D eigenvalue weighted by Crippen LogP contribution is 2.30. The van der Waals surface area contributed by atoms with Crippen molar-refractivity contribution in [2.45, 2.75) is 13.1 Å². The van der Waals surface area contributed by atoms with Gasteiger partial charge in [0.1, 0.15) is 0 Å². The van der Waals surface area contributed by atoms with Gasteiger partial charge in [-0.15, -0.1) is 0 Å². The lowest BCUT2D eigenvalue weighted by molar-refractivity contribution is -0.137. The van der Waals surface area contributed by atoms with Crippen LogP contribution in [0, 0.1) is 18.8 Å². The molecule has 0 N–H and O–H groups in total. The lowest BCUT2D eigenvalue weighted by Crippen LogP contribution is -2.05. The molecule has 0 atom stereocenters. The van der Waals surface area contributed by atoms with E-state index in [2.05, 4.69) is 27.8 Å². The van der Waals surface area contributed by atoms with Crippen LogP contribution in [0.5, 0.6) is 0 Å². The highest BCUT2D eigenvalue weighted by molar-refractivity contribution is 9.09. The second-order valence-corrected chi connectivity index (χ2v) is 3.58. The molecular weight excluding hydrogens is 269 g/mol. The molecule has 0 saturated carbocycles. The van der Waals surface area contributed by atoms with Crippen LogP contribution in [0.1, 0.15) is 16.7 Å². The lowest BCUT2D eigenvalue weighted by Gasteiger charge is -2.07. The van der Waals surface area contributed by atoms with E-state index < -0.39 is 11.7 Å². The highest BCUT2D eigenvalue weighted by Gasteiger charge is 2.30. The van der Waals surface area contributed by atoms with Crippen molar-refractivity contribution < 1.29 is 13.2 Å². The molecule has 1 aromatic carbocycles. The minimum Gasteiger partial charge on any atom is -0.166 e. The molecule has 0 aliphatic carbocycles. The van der Waals surface area contributed by atoms with E-state index in [1.807, 2.05) is 0 Å². The molecule has 0 aromatic heterocycles. The van der Waals surface area contributed by atoms with Crippen LogP contribution in [-0.4, -0.2) is 5.33 Å². The third-order valence-corrected chi connectivity index (χ3v) is 1.98. The topological polar surface area (TPSA) is 0 Å². The van der Waals surface area contributed by atoms with Gasteiger partial charge in [-0.3, -0.25) is 0 Å². The number of alkyl halides is 4. The van der Waals surface area contributed by atoms with Crippen molar-refractivity contribution in [3.05, 3.63) is 34.9 Å². The van der Waals surface area contributed by atoms with Crippen LogP contribution in [0.2, 0.25) is 0 Å². The minimum absolute atomic E-state index is 0.391. The number of benzene rings is 1. The molecule has 80 valence electrons. The summed E-state index contributed by atoms with van der Waals surface area (Å²) in [6.45, 7) is 1.62. The fraction of sp³-hybridized carbons (Fsp3) is 0.273. The van der Waals surface area contributed by atoms with Gasteiger partial charge in [0.25, 0.3) is 0 Å². The summed E-state index contributed by atoms with van der Waals surface area (Å²) in [5.41, 5.74) is 0.298. The number of aryl methyl sites for hydroxylation is 1. The molecule has 0 aliphatic rings. The molecule has 0 aliphatic heterocycles. The number of hydrogen-bond donors (Lipinski definition) is 0. The van der Waals surface area contributed by atoms with Crippen molar-refractivity contribution >= 4 is 15.9 Å². The third-order valence-electron chi connectivity index (χ3n) is 1.70. The number of hydrogen-bond acceptors (Lipinski definition) is 0. The second kappa shape index (κ2) is 4.71. The fourth-order valence-electron chi connectivity index (χ4n) is 1.15. The summed E-state index contributed by atoms with van der Waals surface area (Å²) in [4.78, 5) is 0. The molecule has 15 heavy (non-hydrogen) atoms. The van der Waals surface area contributed by atoms with Crippen LogP contribution < -0.4 is 0 Å². The Labute approximate surface area is 94.6 Å². The quantitative estimate of drug-likeness (QED) is 0.500. The maximum atomic E-state index is 12.4. The summed E-state index contributed by atoms with van der Waals surface area (Å²) >= 11 is 3.09. The first-order valence-electron chi connectivity index (χ1n) is 4.17. The number of rotatable bonds is 0. The van der Waals surface area contributed by atoms with Crippen molar-refractivity contribution in [3.63, 3.8) is 0 Å². The molecule has 0 spiro atoms. The van der Waals surface area contributed by atoms with Gasteiger partial charge in [0, 0.05) is 5.56 Å². The molecule has 0 amide bonds. The molecule has 0 saturated heterocycles. The molecule has 4 heteroatoms. The highest BCUT2D eigenvalue weighted by atomic mass is 79.9. The Kier molecular flexibility index (Phi) is 3.81. The van der Waals surface area contributed by atoms with E-state index in [1.54, 1.807) is 13.0 Å². The van der Waals surface area contributed by atoms with Gasteiger partial charge in [0.2, 0.25) is 0 Å². The zero-order valence-electron chi connectivity index (χ0n) is 7.95. The lowest BCUT2D eigenvalue weighted by atomic mass is 10.1. The molecule has 0 radical (unpaired) electrons. The van der Waals surface area contributed by atoms with E-state index in [0.717, 1.165) is 12.1 Å². The molecule has 0 fully saturated rings. The first kappa shape index (κ1) is 12.1. The van der Waals surface area contributed by atoms with E-state index in [0.29, 0.717) is 16.5 Å². The summed E-state index contributed by atoms with van der Waals surface area (Å²) < 4.78 is 37.2. The van der Waals surface area contributed by atoms with Crippen LogP contribution in [0.25, 0.3) is 0 Å². The van der Waals surface area contributed by atoms with E-state index in [1.165, 1.54) is 0 Å². The Bertz CT molecular complexity index is 410. The largest absolute Gasteiger partial charge is 0.416 e. The Morgan fingerprint density at radius 2 is 1.93 bits per heavy atom. The van der Waals surface area contributed by atoms with Gasteiger partial charge in [-0.05, 0) is 30.7 Å². The average Bonchev–Trinajstić information content (AvgIpc) is 2.12.